The molecule has 0 bridgehead atoms. The molecule has 1 amide bonds. The van der Waals surface area contributed by atoms with Crippen molar-refractivity contribution >= 4 is 35.8 Å². The van der Waals surface area contributed by atoms with Gasteiger partial charge in [-0.1, -0.05) is 20.3 Å². The van der Waals surface area contributed by atoms with Gasteiger partial charge in [-0.2, -0.15) is 0 Å². The monoisotopic (exact) mass is 472 g/mol. The van der Waals surface area contributed by atoms with Crippen LogP contribution in [0.3, 0.4) is 0 Å². The molecule has 7 nitrogen and oxygen atoms in total. The average molecular weight is 472 g/mol. The summed E-state index contributed by atoms with van der Waals surface area (Å²) in [5.74, 6) is 0.773. The van der Waals surface area contributed by atoms with Crippen LogP contribution in [0.5, 0.6) is 0 Å². The third-order valence-corrected chi connectivity index (χ3v) is 3.08. The van der Waals surface area contributed by atoms with Gasteiger partial charge in [0.2, 0.25) is 5.91 Å². The van der Waals surface area contributed by atoms with Crippen molar-refractivity contribution in [3.05, 3.63) is 0 Å². The fourth-order valence-electron chi connectivity index (χ4n) is 1.78. The summed E-state index contributed by atoms with van der Waals surface area (Å²) in [6.07, 6.45) is 3.64. The second kappa shape index (κ2) is 21.4. The van der Waals surface area contributed by atoms with Crippen molar-refractivity contribution < 1.29 is 14.3 Å². The van der Waals surface area contributed by atoms with Gasteiger partial charge in [0.25, 0.3) is 0 Å². The highest BCUT2D eigenvalue weighted by molar-refractivity contribution is 14.0. The van der Waals surface area contributed by atoms with Crippen molar-refractivity contribution in [3.63, 3.8) is 0 Å². The predicted molar refractivity (Wildman–Crippen MR) is 114 cm³/mol. The summed E-state index contributed by atoms with van der Waals surface area (Å²) in [6.45, 7) is 11.4. The van der Waals surface area contributed by atoms with Crippen LogP contribution in [0.2, 0.25) is 0 Å². The summed E-state index contributed by atoms with van der Waals surface area (Å²) in [5, 5.41) is 9.15. The van der Waals surface area contributed by atoms with E-state index in [0.717, 1.165) is 39.0 Å². The van der Waals surface area contributed by atoms with Gasteiger partial charge in [0.05, 0.1) is 26.4 Å². The first-order valence-corrected chi connectivity index (χ1v) is 9.18. The van der Waals surface area contributed by atoms with Gasteiger partial charge in [-0.3, -0.25) is 9.79 Å². The number of hydrogen-bond donors (Lipinski definition) is 3. The summed E-state index contributed by atoms with van der Waals surface area (Å²) < 4.78 is 10.9. The molecule has 0 aromatic heterocycles. The molecule has 0 heterocycles. The molecule has 0 aromatic carbocycles. The molecule has 0 unspecified atom stereocenters. The Hall–Kier alpha value is -0.610. The summed E-state index contributed by atoms with van der Waals surface area (Å²) >= 11 is 0. The second-order valence-corrected chi connectivity index (χ2v) is 5.37. The van der Waals surface area contributed by atoms with Crippen LogP contribution in [0, 0.1) is 0 Å². The highest BCUT2D eigenvalue weighted by Gasteiger charge is 2.01. The topological polar surface area (TPSA) is 84.0 Å². The van der Waals surface area contributed by atoms with Gasteiger partial charge in [0, 0.05) is 32.7 Å². The largest absolute Gasteiger partial charge is 0.379 e. The van der Waals surface area contributed by atoms with Gasteiger partial charge in [-0.15, -0.1) is 24.0 Å². The molecule has 0 radical (unpaired) electrons. The minimum absolute atomic E-state index is 0. The van der Waals surface area contributed by atoms with Crippen LogP contribution in [0.1, 0.15) is 46.5 Å². The summed E-state index contributed by atoms with van der Waals surface area (Å²) in [4.78, 5) is 15.9. The molecule has 0 aliphatic heterocycles. The summed E-state index contributed by atoms with van der Waals surface area (Å²) in [5.41, 5.74) is 0. The van der Waals surface area contributed by atoms with E-state index in [0.29, 0.717) is 45.3 Å². The number of nitrogens with zero attached hydrogens (tertiary/aromatic N) is 1. The summed E-state index contributed by atoms with van der Waals surface area (Å²) in [7, 11) is 0. The Morgan fingerprint density at radius 1 is 0.880 bits per heavy atom. The van der Waals surface area contributed by atoms with Gasteiger partial charge < -0.3 is 25.4 Å². The van der Waals surface area contributed by atoms with E-state index in [-0.39, 0.29) is 29.9 Å². The molecule has 0 fully saturated rings. The number of halogens is 1. The predicted octanol–water partition coefficient (Wildman–Crippen LogP) is 1.91. The number of amides is 1. The average Bonchev–Trinajstić information content (AvgIpc) is 2.58. The standard InChI is InChI=1S/C17H36N4O3.HI/c1-4-7-12-23-14-15-24-13-11-21-17(18-6-3)20-10-8-16(22)19-9-5-2;/h4-15H2,1-3H3,(H,19,22)(H2,18,20,21);1H. The van der Waals surface area contributed by atoms with Gasteiger partial charge in [-0.05, 0) is 19.8 Å². The van der Waals surface area contributed by atoms with Crippen LogP contribution < -0.4 is 16.0 Å². The van der Waals surface area contributed by atoms with Crippen molar-refractivity contribution in [3.8, 4) is 0 Å². The third kappa shape index (κ3) is 19.6. The maximum absolute atomic E-state index is 11.5. The van der Waals surface area contributed by atoms with E-state index in [2.05, 4.69) is 27.9 Å². The molecular formula is C17H37IN4O3. The molecule has 0 aliphatic carbocycles. The van der Waals surface area contributed by atoms with Crippen LogP contribution in [-0.2, 0) is 14.3 Å². The van der Waals surface area contributed by atoms with E-state index in [1.165, 1.54) is 0 Å². The van der Waals surface area contributed by atoms with E-state index in [1.54, 1.807) is 0 Å². The molecule has 0 aromatic rings. The molecular weight excluding hydrogens is 435 g/mol. The SMILES string of the molecule is CCCCOCCOCCN=C(NCC)NCCC(=O)NCCC.I. The normalized spacial score (nSPS) is 10.9. The van der Waals surface area contributed by atoms with Crippen LogP contribution >= 0.6 is 24.0 Å². The quantitative estimate of drug-likeness (QED) is 0.147. The fourth-order valence-corrected chi connectivity index (χ4v) is 1.78. The number of aliphatic imine (C=N–C) groups is 1. The first kappa shape index (κ1) is 26.6. The number of unbranched alkanes of at least 4 members (excludes halogenated alkanes) is 1. The van der Waals surface area contributed by atoms with Gasteiger partial charge in [-0.25, -0.2) is 0 Å². The molecule has 25 heavy (non-hydrogen) atoms. The van der Waals surface area contributed by atoms with E-state index in [1.807, 2.05) is 13.8 Å². The lowest BCUT2D eigenvalue weighted by Gasteiger charge is -2.11. The van der Waals surface area contributed by atoms with Gasteiger partial charge >= 0.3 is 0 Å². The molecule has 8 heteroatoms. The molecule has 3 N–H and O–H groups in total. The Morgan fingerprint density at radius 2 is 1.60 bits per heavy atom. The van der Waals surface area contributed by atoms with E-state index in [4.69, 9.17) is 9.47 Å². The number of guanidine groups is 1. The Kier molecular flexibility index (Phi) is 22.8. The lowest BCUT2D eigenvalue weighted by molar-refractivity contribution is -0.120. The Labute approximate surface area is 170 Å². The van der Waals surface area contributed by atoms with Crippen LogP contribution in [0.4, 0.5) is 0 Å². The van der Waals surface area contributed by atoms with Crippen molar-refractivity contribution in [1.29, 1.82) is 0 Å². The number of ether oxygens (including phenoxy) is 2. The van der Waals surface area contributed by atoms with Crippen LogP contribution in [0.15, 0.2) is 4.99 Å². The lowest BCUT2D eigenvalue weighted by atomic mass is 10.4. The zero-order valence-electron chi connectivity index (χ0n) is 16.1. The van der Waals surface area contributed by atoms with Crippen molar-refractivity contribution in [1.82, 2.24) is 16.0 Å². The molecule has 0 saturated heterocycles. The summed E-state index contributed by atoms with van der Waals surface area (Å²) in [6, 6.07) is 0. The van der Waals surface area contributed by atoms with Crippen molar-refractivity contribution in [2.24, 2.45) is 4.99 Å². The fraction of sp³-hybridized carbons (Fsp3) is 0.882. The minimum Gasteiger partial charge on any atom is -0.379 e. The van der Waals surface area contributed by atoms with Gasteiger partial charge in [0.1, 0.15) is 0 Å². The van der Waals surface area contributed by atoms with E-state index < -0.39 is 0 Å². The van der Waals surface area contributed by atoms with Crippen LogP contribution in [0.25, 0.3) is 0 Å². The Bertz CT molecular complexity index is 331. The van der Waals surface area contributed by atoms with Crippen LogP contribution in [-0.4, -0.2) is 64.5 Å². The maximum atomic E-state index is 11.5. The second-order valence-electron chi connectivity index (χ2n) is 5.37. The number of nitrogens with one attached hydrogen (secondary N) is 3. The first-order valence-electron chi connectivity index (χ1n) is 9.18. The minimum atomic E-state index is 0. The Morgan fingerprint density at radius 3 is 2.24 bits per heavy atom. The third-order valence-electron chi connectivity index (χ3n) is 3.08. The maximum Gasteiger partial charge on any atom is 0.221 e. The Balaban J connectivity index is 0. The highest BCUT2D eigenvalue weighted by Crippen LogP contribution is 1.88. The highest BCUT2D eigenvalue weighted by atomic mass is 127. The molecule has 0 atom stereocenters. The van der Waals surface area contributed by atoms with Crippen molar-refractivity contribution in [2.45, 2.75) is 46.5 Å². The number of carbonyl (C=O) groups excluding carboxylic acids is 1. The van der Waals surface area contributed by atoms with Gasteiger partial charge in [0.15, 0.2) is 5.96 Å². The zero-order chi connectivity index (χ0) is 17.9. The zero-order valence-corrected chi connectivity index (χ0v) is 18.4. The molecule has 0 rings (SSSR count). The van der Waals surface area contributed by atoms with E-state index in [9.17, 15) is 4.79 Å². The lowest BCUT2D eigenvalue weighted by Crippen LogP contribution is -2.39. The first-order chi connectivity index (χ1) is 11.7. The molecule has 0 aliphatic rings. The van der Waals surface area contributed by atoms with Crippen molar-refractivity contribution in [2.75, 3.05) is 52.6 Å². The number of hydrogen-bond acceptors (Lipinski definition) is 4. The molecule has 150 valence electrons. The molecule has 0 spiro atoms. The molecule has 0 saturated carbocycles. The number of carbonyl (C=O) groups is 1. The number of rotatable bonds is 15. The smallest absolute Gasteiger partial charge is 0.221 e. The van der Waals surface area contributed by atoms with E-state index >= 15 is 0 Å².